The highest BCUT2D eigenvalue weighted by Crippen LogP contribution is 2.29. The lowest BCUT2D eigenvalue weighted by molar-refractivity contribution is -0.118. The molecule has 6 heteroatoms. The molecule has 0 bridgehead atoms. The van der Waals surface area contributed by atoms with Gasteiger partial charge in [0.2, 0.25) is 5.89 Å². The SMILES string of the molecule is CC[C@H](C)c1ccc2oc(-c3ccc(NC(=O)COc4cc(C)c(Cl)c(C)c4)cc3)nc2c1. The monoisotopic (exact) mass is 462 g/mol. The number of nitrogens with one attached hydrogen (secondary N) is 1. The van der Waals surface area contributed by atoms with Gasteiger partial charge in [-0.1, -0.05) is 31.5 Å². The van der Waals surface area contributed by atoms with E-state index in [1.54, 1.807) is 0 Å². The van der Waals surface area contributed by atoms with Crippen molar-refractivity contribution in [2.75, 3.05) is 11.9 Å². The molecule has 3 aromatic carbocycles. The van der Waals surface area contributed by atoms with Gasteiger partial charge in [0.1, 0.15) is 11.3 Å². The fourth-order valence-corrected chi connectivity index (χ4v) is 3.75. The molecular weight excluding hydrogens is 436 g/mol. The van der Waals surface area contributed by atoms with Crippen LogP contribution >= 0.6 is 11.6 Å². The first-order valence-electron chi connectivity index (χ1n) is 11.0. The van der Waals surface area contributed by atoms with Gasteiger partial charge in [-0.15, -0.1) is 0 Å². The van der Waals surface area contributed by atoms with Crippen LogP contribution in [-0.2, 0) is 4.79 Å². The van der Waals surface area contributed by atoms with E-state index in [-0.39, 0.29) is 12.5 Å². The number of aryl methyl sites for hydroxylation is 2. The number of ether oxygens (including phenoxy) is 1. The van der Waals surface area contributed by atoms with Crippen LogP contribution in [0.15, 0.2) is 59.0 Å². The summed E-state index contributed by atoms with van der Waals surface area (Å²) < 4.78 is 11.6. The quantitative estimate of drug-likeness (QED) is 0.313. The molecule has 0 spiro atoms. The van der Waals surface area contributed by atoms with Crippen LogP contribution in [-0.4, -0.2) is 17.5 Å². The van der Waals surface area contributed by atoms with Gasteiger partial charge in [0.15, 0.2) is 12.2 Å². The number of rotatable bonds is 7. The van der Waals surface area contributed by atoms with Crippen LogP contribution in [0.3, 0.4) is 0 Å². The number of oxazole rings is 1. The molecule has 0 fully saturated rings. The van der Waals surface area contributed by atoms with Gasteiger partial charge >= 0.3 is 0 Å². The smallest absolute Gasteiger partial charge is 0.262 e. The summed E-state index contributed by atoms with van der Waals surface area (Å²) in [6, 6.07) is 17.2. The third kappa shape index (κ3) is 5.20. The number of carbonyl (C=O) groups is 1. The molecule has 5 nitrogen and oxygen atoms in total. The molecule has 1 heterocycles. The number of benzene rings is 3. The Balaban J connectivity index is 1.40. The van der Waals surface area contributed by atoms with Crippen molar-refractivity contribution in [3.8, 4) is 17.2 Å². The molecule has 1 N–H and O–H groups in total. The van der Waals surface area contributed by atoms with Gasteiger partial charge in [-0.05, 0) is 91.4 Å². The number of amides is 1. The Hall–Kier alpha value is -3.31. The first kappa shape index (κ1) is 22.9. The fraction of sp³-hybridized carbons (Fsp3) is 0.259. The highest BCUT2D eigenvalue weighted by atomic mass is 35.5. The van der Waals surface area contributed by atoms with Gasteiger partial charge in [-0.2, -0.15) is 0 Å². The Morgan fingerprint density at radius 2 is 1.79 bits per heavy atom. The molecule has 0 aliphatic heterocycles. The summed E-state index contributed by atoms with van der Waals surface area (Å²) in [5.41, 5.74) is 6.22. The molecule has 0 unspecified atom stereocenters. The Morgan fingerprint density at radius 3 is 2.45 bits per heavy atom. The largest absolute Gasteiger partial charge is 0.484 e. The minimum Gasteiger partial charge on any atom is -0.484 e. The second-order valence-corrected chi connectivity index (χ2v) is 8.72. The van der Waals surface area contributed by atoms with Crippen LogP contribution < -0.4 is 10.1 Å². The van der Waals surface area contributed by atoms with Gasteiger partial charge in [-0.25, -0.2) is 4.98 Å². The van der Waals surface area contributed by atoms with E-state index in [2.05, 4.69) is 36.3 Å². The van der Waals surface area contributed by atoms with Gasteiger partial charge in [0.05, 0.1) is 0 Å². The summed E-state index contributed by atoms with van der Waals surface area (Å²) in [4.78, 5) is 17.0. The first-order valence-corrected chi connectivity index (χ1v) is 11.4. The topological polar surface area (TPSA) is 64.4 Å². The maximum Gasteiger partial charge on any atom is 0.262 e. The summed E-state index contributed by atoms with van der Waals surface area (Å²) in [5, 5.41) is 3.55. The van der Waals surface area contributed by atoms with E-state index in [0.29, 0.717) is 28.3 Å². The molecule has 0 aliphatic carbocycles. The van der Waals surface area contributed by atoms with Gasteiger partial charge in [-0.3, -0.25) is 4.79 Å². The van der Waals surface area contributed by atoms with E-state index in [1.165, 1.54) is 5.56 Å². The predicted octanol–water partition coefficient (Wildman–Crippen LogP) is 7.30. The van der Waals surface area contributed by atoms with Gasteiger partial charge in [0, 0.05) is 16.3 Å². The van der Waals surface area contributed by atoms with Crippen molar-refractivity contribution in [3.05, 3.63) is 76.3 Å². The molecule has 1 aromatic heterocycles. The van der Waals surface area contributed by atoms with Crippen LogP contribution in [0, 0.1) is 13.8 Å². The Morgan fingerprint density at radius 1 is 1.09 bits per heavy atom. The lowest BCUT2D eigenvalue weighted by Crippen LogP contribution is -2.20. The summed E-state index contributed by atoms with van der Waals surface area (Å²) in [6.45, 7) is 8.11. The maximum atomic E-state index is 12.3. The number of fused-ring (bicyclic) bond motifs is 1. The van der Waals surface area contributed by atoms with E-state index in [4.69, 9.17) is 20.8 Å². The van der Waals surface area contributed by atoms with Crippen LogP contribution in [0.25, 0.3) is 22.6 Å². The molecule has 1 atom stereocenters. The van der Waals surface area contributed by atoms with Gasteiger partial charge < -0.3 is 14.5 Å². The number of nitrogens with zero attached hydrogens (tertiary/aromatic N) is 1. The second kappa shape index (κ2) is 9.67. The zero-order chi connectivity index (χ0) is 23.5. The third-order valence-corrected chi connectivity index (χ3v) is 6.38. The number of anilines is 1. The number of carbonyl (C=O) groups excluding carboxylic acids is 1. The molecular formula is C27H27ClN2O3. The van der Waals surface area contributed by atoms with Crippen molar-refractivity contribution in [1.29, 1.82) is 0 Å². The number of halogens is 1. The zero-order valence-corrected chi connectivity index (χ0v) is 20.0. The van der Waals surface area contributed by atoms with Crippen LogP contribution in [0.2, 0.25) is 5.02 Å². The first-order chi connectivity index (χ1) is 15.8. The standard InChI is InChI=1S/C27H27ClN2O3/c1-5-16(2)20-8-11-24-23(14-20)30-27(33-24)19-6-9-21(10-7-19)29-25(31)15-32-22-12-17(3)26(28)18(4)13-22/h6-14,16H,5,15H2,1-4H3,(H,29,31)/t16-/m0/s1. The van der Waals surface area contributed by atoms with Crippen molar-refractivity contribution >= 4 is 34.3 Å². The Kier molecular flexibility index (Phi) is 6.70. The summed E-state index contributed by atoms with van der Waals surface area (Å²) in [5.74, 6) is 1.41. The average Bonchev–Trinajstić information content (AvgIpc) is 3.24. The zero-order valence-electron chi connectivity index (χ0n) is 19.2. The minimum atomic E-state index is -0.243. The van der Waals surface area contributed by atoms with Gasteiger partial charge in [0.25, 0.3) is 5.91 Å². The summed E-state index contributed by atoms with van der Waals surface area (Å²) in [6.07, 6.45) is 1.08. The Bertz CT molecular complexity index is 1270. The molecule has 33 heavy (non-hydrogen) atoms. The van der Waals surface area contributed by atoms with E-state index in [9.17, 15) is 4.79 Å². The van der Waals surface area contributed by atoms with Crippen LogP contribution in [0.5, 0.6) is 5.75 Å². The van der Waals surface area contributed by atoms with Crippen LogP contribution in [0.1, 0.15) is 42.9 Å². The molecule has 170 valence electrons. The predicted molar refractivity (Wildman–Crippen MR) is 133 cm³/mol. The van der Waals surface area contributed by atoms with E-state index >= 15 is 0 Å². The molecule has 0 aliphatic rings. The van der Waals surface area contributed by atoms with Crippen molar-refractivity contribution in [2.24, 2.45) is 0 Å². The van der Waals surface area contributed by atoms with E-state index in [0.717, 1.165) is 34.2 Å². The molecule has 0 saturated carbocycles. The van der Waals surface area contributed by atoms with Crippen molar-refractivity contribution in [2.45, 2.75) is 40.0 Å². The lowest BCUT2D eigenvalue weighted by atomic mass is 9.98. The Labute approximate surface area is 198 Å². The summed E-state index contributed by atoms with van der Waals surface area (Å²) >= 11 is 6.18. The number of aromatic nitrogens is 1. The number of hydrogen-bond donors (Lipinski definition) is 1. The third-order valence-electron chi connectivity index (χ3n) is 5.79. The lowest BCUT2D eigenvalue weighted by Gasteiger charge is -2.10. The minimum absolute atomic E-state index is 0.0914. The van der Waals surface area contributed by atoms with Crippen LogP contribution in [0.4, 0.5) is 5.69 Å². The molecule has 4 aromatic rings. The highest BCUT2D eigenvalue weighted by molar-refractivity contribution is 6.32. The molecule has 1 amide bonds. The highest BCUT2D eigenvalue weighted by Gasteiger charge is 2.12. The molecule has 4 rings (SSSR count). The van der Waals surface area contributed by atoms with E-state index < -0.39 is 0 Å². The van der Waals surface area contributed by atoms with E-state index in [1.807, 2.05) is 56.3 Å². The maximum absolute atomic E-state index is 12.3. The van der Waals surface area contributed by atoms with Crippen molar-refractivity contribution in [1.82, 2.24) is 4.98 Å². The normalized spacial score (nSPS) is 12.0. The van der Waals surface area contributed by atoms with Crippen molar-refractivity contribution < 1.29 is 13.9 Å². The second-order valence-electron chi connectivity index (χ2n) is 8.34. The van der Waals surface area contributed by atoms with Crippen molar-refractivity contribution in [3.63, 3.8) is 0 Å². The number of hydrogen-bond acceptors (Lipinski definition) is 4. The summed E-state index contributed by atoms with van der Waals surface area (Å²) in [7, 11) is 0. The fourth-order valence-electron chi connectivity index (χ4n) is 3.64. The molecule has 0 saturated heterocycles. The average molecular weight is 463 g/mol. The molecule has 0 radical (unpaired) electrons.